The second-order valence-electron chi connectivity index (χ2n) is 0. The average molecular weight is 159 g/mol. The molecule has 3 heteroatoms. The van der Waals surface area contributed by atoms with Crippen LogP contribution in [0, 0.1) is 0 Å². The Morgan fingerprint density at radius 2 is 0.800 bits per heavy atom. The average Bonchev–Trinajstić information content (AvgIpc) is 1.50. The van der Waals surface area contributed by atoms with Crippen molar-refractivity contribution in [3.63, 3.8) is 0 Å². The largest absolute Gasteiger partial charge is 2.00 e. The Bertz CT molecular complexity index is 9.61. The number of rotatable bonds is 0. The van der Waals surface area contributed by atoms with Crippen LogP contribution in [0.2, 0.25) is 0 Å². The zero-order valence-electron chi connectivity index (χ0n) is 2.32. The standard InChI is InChI=1S/2CHO.Ru/c2*1-2;/h2*1H;/q2*-1;+2. The Kier molecular flexibility index (Phi) is 105000. The van der Waals surface area contributed by atoms with Crippen LogP contribution in [0.15, 0.2) is 0 Å². The molecular formula is C2H2O2Ru. The van der Waals surface area contributed by atoms with Crippen molar-refractivity contribution in [2.45, 2.75) is 0 Å². The van der Waals surface area contributed by atoms with Gasteiger partial charge in [-0.2, -0.15) is 0 Å². The predicted octanol–water partition coefficient (Wildman–Crippen LogP) is -0.551. The smallest absolute Gasteiger partial charge is 0.545 e. The molecule has 0 aromatic heterocycles. The van der Waals surface area contributed by atoms with Gasteiger partial charge >= 0.3 is 19.5 Å². The fourth-order valence-electron chi connectivity index (χ4n) is 0. The van der Waals surface area contributed by atoms with E-state index in [1.165, 1.54) is 0 Å². The summed E-state index contributed by atoms with van der Waals surface area (Å²) in [6.45, 7) is 6.50. The number of hydrogen-bond acceptors (Lipinski definition) is 2. The normalized spacial score (nSPS) is 1.60. The molecule has 0 aromatic rings. The van der Waals surface area contributed by atoms with Gasteiger partial charge in [0.25, 0.3) is 0 Å². The molecule has 30 valence electrons. The minimum Gasteiger partial charge on any atom is -0.545 e. The molecule has 0 unspecified atom stereocenters. The van der Waals surface area contributed by atoms with E-state index in [2.05, 4.69) is 13.6 Å². The van der Waals surface area contributed by atoms with Crippen molar-refractivity contribution >= 4 is 13.6 Å². The Morgan fingerprint density at radius 1 is 0.800 bits per heavy atom. The summed E-state index contributed by atoms with van der Waals surface area (Å²) < 4.78 is 0. The molecule has 0 aromatic carbocycles. The third kappa shape index (κ3) is 11400. The van der Waals surface area contributed by atoms with Gasteiger partial charge in [-0.15, -0.1) is 0 Å². The predicted molar refractivity (Wildman–Crippen MR) is 13.5 cm³/mol. The monoisotopic (exact) mass is 160 g/mol. The van der Waals surface area contributed by atoms with Crippen LogP contribution in [0.3, 0.4) is 0 Å². The van der Waals surface area contributed by atoms with Gasteiger partial charge in [0.15, 0.2) is 0 Å². The quantitative estimate of drug-likeness (QED) is 0.270. The van der Waals surface area contributed by atoms with Crippen LogP contribution in [0.25, 0.3) is 0 Å². The van der Waals surface area contributed by atoms with Gasteiger partial charge in [-0.05, 0) is 0 Å². The van der Waals surface area contributed by atoms with Crippen LogP contribution in [0.1, 0.15) is 0 Å². The molecule has 0 aliphatic carbocycles. The van der Waals surface area contributed by atoms with Gasteiger partial charge in [0.05, 0.1) is 0 Å². The first-order chi connectivity index (χ1) is 2.00. The maximum absolute atomic E-state index is 7.75. The summed E-state index contributed by atoms with van der Waals surface area (Å²) in [5, 5.41) is 0. The van der Waals surface area contributed by atoms with Gasteiger partial charge in [0.2, 0.25) is 0 Å². The first-order valence-corrected chi connectivity index (χ1v) is 0.471. The van der Waals surface area contributed by atoms with Crippen LogP contribution in [0.4, 0.5) is 0 Å². The van der Waals surface area contributed by atoms with Crippen LogP contribution < -0.4 is 0 Å². The van der Waals surface area contributed by atoms with Crippen molar-refractivity contribution in [1.82, 2.24) is 0 Å². The fourth-order valence-corrected chi connectivity index (χ4v) is 0. The van der Waals surface area contributed by atoms with Gasteiger partial charge in [-0.3, -0.25) is 13.6 Å². The number of hydrogen-bond donors (Lipinski definition) is 0. The third-order valence-electron chi connectivity index (χ3n) is 0. The molecule has 0 saturated heterocycles. The van der Waals surface area contributed by atoms with Crippen molar-refractivity contribution in [2.75, 3.05) is 0 Å². The summed E-state index contributed by atoms with van der Waals surface area (Å²) in [7, 11) is 0. The van der Waals surface area contributed by atoms with Gasteiger partial charge < -0.3 is 9.59 Å². The van der Waals surface area contributed by atoms with E-state index in [-0.39, 0.29) is 19.5 Å². The molecule has 2 nitrogen and oxygen atoms in total. The van der Waals surface area contributed by atoms with E-state index in [4.69, 9.17) is 9.59 Å². The van der Waals surface area contributed by atoms with Crippen LogP contribution in [-0.2, 0) is 29.1 Å². The first kappa shape index (κ1) is 20.2. The summed E-state index contributed by atoms with van der Waals surface area (Å²) in [5.74, 6) is 0. The van der Waals surface area contributed by atoms with Gasteiger partial charge in [-0.1, -0.05) is 0 Å². The summed E-state index contributed by atoms with van der Waals surface area (Å²) in [6.07, 6.45) is 0. The van der Waals surface area contributed by atoms with E-state index in [0.29, 0.717) is 0 Å². The van der Waals surface area contributed by atoms with Gasteiger partial charge in [0.1, 0.15) is 0 Å². The number of carbonyl (C=O) groups excluding carboxylic acids is 2. The summed E-state index contributed by atoms with van der Waals surface area (Å²) in [5.41, 5.74) is 0. The van der Waals surface area contributed by atoms with E-state index in [1.807, 2.05) is 0 Å². The summed E-state index contributed by atoms with van der Waals surface area (Å²) in [4.78, 5) is 15.5. The minimum absolute atomic E-state index is 0. The topological polar surface area (TPSA) is 34.1 Å². The second-order valence-corrected chi connectivity index (χ2v) is 0. The van der Waals surface area contributed by atoms with E-state index >= 15 is 0 Å². The Hall–Kier alpha value is -0.0366. The van der Waals surface area contributed by atoms with E-state index < -0.39 is 0 Å². The Balaban J connectivity index is -0.0000000133. The van der Waals surface area contributed by atoms with E-state index in [0.717, 1.165) is 0 Å². The molecule has 0 saturated carbocycles. The zero-order chi connectivity index (χ0) is 4.00. The fraction of sp³-hybridized carbons (Fsp3) is 0. The van der Waals surface area contributed by atoms with Gasteiger partial charge in [0, 0.05) is 0 Å². The molecule has 0 atom stereocenters. The molecule has 0 bridgehead atoms. The van der Waals surface area contributed by atoms with E-state index in [9.17, 15) is 0 Å². The molecule has 0 spiro atoms. The first-order valence-electron chi connectivity index (χ1n) is 0.471. The van der Waals surface area contributed by atoms with E-state index in [1.54, 1.807) is 0 Å². The van der Waals surface area contributed by atoms with Crippen molar-refractivity contribution < 1.29 is 29.1 Å². The van der Waals surface area contributed by atoms with Crippen LogP contribution >= 0.6 is 0 Å². The van der Waals surface area contributed by atoms with Crippen molar-refractivity contribution in [1.29, 1.82) is 0 Å². The molecule has 0 amide bonds. The van der Waals surface area contributed by atoms with Crippen molar-refractivity contribution in [3.05, 3.63) is 0 Å². The molecule has 0 heterocycles. The molecule has 0 N–H and O–H groups in total. The Morgan fingerprint density at radius 3 is 0.800 bits per heavy atom. The minimum atomic E-state index is 0. The Labute approximate surface area is 43.3 Å². The molecule has 5 heavy (non-hydrogen) atoms. The summed E-state index contributed by atoms with van der Waals surface area (Å²) in [6, 6.07) is 0. The van der Waals surface area contributed by atoms with Gasteiger partial charge in [-0.25, -0.2) is 0 Å². The molecule has 0 aliphatic heterocycles. The molecule has 0 aliphatic rings. The molecular weight excluding hydrogens is 157 g/mol. The SMILES string of the molecule is [CH-]=O.[CH-]=O.[Ru+2]. The maximum atomic E-state index is 7.75. The molecule has 0 rings (SSSR count). The summed E-state index contributed by atoms with van der Waals surface area (Å²) >= 11 is 0. The van der Waals surface area contributed by atoms with Crippen molar-refractivity contribution in [3.8, 4) is 0 Å². The maximum Gasteiger partial charge on any atom is 2.00 e. The molecule has 0 radical (unpaired) electrons. The van der Waals surface area contributed by atoms with Crippen LogP contribution in [0.5, 0.6) is 0 Å². The van der Waals surface area contributed by atoms with Crippen molar-refractivity contribution in [2.24, 2.45) is 0 Å². The molecule has 0 fully saturated rings. The van der Waals surface area contributed by atoms with Crippen LogP contribution in [-0.4, -0.2) is 13.6 Å². The second kappa shape index (κ2) is 25900. The zero-order valence-corrected chi connectivity index (χ0v) is 4.06. The third-order valence-corrected chi connectivity index (χ3v) is 0.